The summed E-state index contributed by atoms with van der Waals surface area (Å²) < 4.78 is 2.12. The fourth-order valence-electron chi connectivity index (χ4n) is 3.10. The summed E-state index contributed by atoms with van der Waals surface area (Å²) in [5.74, 6) is 1.61. The fraction of sp³-hybridized carbons (Fsp3) is 0.474. The van der Waals surface area contributed by atoms with Crippen LogP contribution in [-0.2, 0) is 24.3 Å². The average molecular weight is 390 g/mol. The molecule has 7 nitrogen and oxygen atoms in total. The maximum Gasteiger partial charge on any atom is 0.251 e. The largest absolute Gasteiger partial charge is 0.352 e. The molecule has 0 atom stereocenters. The maximum atomic E-state index is 12.0. The van der Waals surface area contributed by atoms with Crippen molar-refractivity contribution in [3.05, 3.63) is 46.5 Å². The molecule has 1 aliphatic rings. The van der Waals surface area contributed by atoms with Gasteiger partial charge in [-0.25, -0.2) is 0 Å². The van der Waals surface area contributed by atoms with E-state index in [4.69, 9.17) is 11.6 Å². The predicted octanol–water partition coefficient (Wildman–Crippen LogP) is 2.48. The van der Waals surface area contributed by atoms with E-state index in [9.17, 15) is 9.59 Å². The third-order valence-electron chi connectivity index (χ3n) is 4.60. The number of carbonyl (C=O) groups excluding carboxylic acids is 2. The number of halogens is 1. The van der Waals surface area contributed by atoms with E-state index in [-0.39, 0.29) is 11.8 Å². The normalized spacial score (nSPS) is 13.5. The van der Waals surface area contributed by atoms with Gasteiger partial charge in [0.2, 0.25) is 5.91 Å². The lowest BCUT2D eigenvalue weighted by atomic mass is 10.2. The van der Waals surface area contributed by atoms with Crippen molar-refractivity contribution >= 4 is 23.4 Å². The highest BCUT2D eigenvalue weighted by molar-refractivity contribution is 6.30. The van der Waals surface area contributed by atoms with Crippen molar-refractivity contribution in [1.29, 1.82) is 0 Å². The van der Waals surface area contributed by atoms with Crippen LogP contribution in [0.25, 0.3) is 0 Å². The zero-order chi connectivity index (χ0) is 19.1. The molecule has 3 rings (SSSR count). The lowest BCUT2D eigenvalue weighted by Crippen LogP contribution is -2.28. The first-order valence-electron chi connectivity index (χ1n) is 9.35. The maximum absolute atomic E-state index is 12.0. The van der Waals surface area contributed by atoms with E-state index in [0.717, 1.165) is 37.5 Å². The Morgan fingerprint density at radius 3 is 2.70 bits per heavy atom. The Labute approximate surface area is 163 Å². The summed E-state index contributed by atoms with van der Waals surface area (Å²) in [6, 6.07) is 6.70. The van der Waals surface area contributed by atoms with Gasteiger partial charge in [-0.1, -0.05) is 18.0 Å². The van der Waals surface area contributed by atoms with Gasteiger partial charge in [0, 0.05) is 36.5 Å². The van der Waals surface area contributed by atoms with Gasteiger partial charge in [-0.15, -0.1) is 10.2 Å². The van der Waals surface area contributed by atoms with E-state index in [1.165, 1.54) is 6.42 Å². The van der Waals surface area contributed by atoms with Gasteiger partial charge in [0.25, 0.3) is 5.91 Å². The van der Waals surface area contributed by atoms with Gasteiger partial charge < -0.3 is 15.2 Å². The Balaban J connectivity index is 1.36. The monoisotopic (exact) mass is 389 g/mol. The van der Waals surface area contributed by atoms with Gasteiger partial charge in [-0.2, -0.15) is 0 Å². The second-order valence-electron chi connectivity index (χ2n) is 6.64. The van der Waals surface area contributed by atoms with E-state index < -0.39 is 0 Å². The molecule has 0 fully saturated rings. The Bertz CT molecular complexity index is 788. The second kappa shape index (κ2) is 9.50. The zero-order valence-corrected chi connectivity index (χ0v) is 16.0. The van der Waals surface area contributed by atoms with E-state index in [0.29, 0.717) is 36.5 Å². The van der Waals surface area contributed by atoms with Crippen molar-refractivity contribution in [3.8, 4) is 0 Å². The summed E-state index contributed by atoms with van der Waals surface area (Å²) in [5, 5.41) is 14.7. The van der Waals surface area contributed by atoms with Crippen LogP contribution in [0, 0.1) is 0 Å². The topological polar surface area (TPSA) is 88.9 Å². The number of aromatic nitrogens is 3. The van der Waals surface area contributed by atoms with Gasteiger partial charge >= 0.3 is 0 Å². The van der Waals surface area contributed by atoms with Crippen molar-refractivity contribution in [2.45, 2.75) is 51.6 Å². The zero-order valence-electron chi connectivity index (χ0n) is 15.2. The molecule has 27 heavy (non-hydrogen) atoms. The Kier molecular flexibility index (Phi) is 6.81. The molecular weight excluding hydrogens is 366 g/mol. The molecule has 0 saturated heterocycles. The smallest absolute Gasteiger partial charge is 0.251 e. The van der Waals surface area contributed by atoms with Crippen molar-refractivity contribution in [3.63, 3.8) is 0 Å². The minimum absolute atomic E-state index is 0.0540. The summed E-state index contributed by atoms with van der Waals surface area (Å²) in [5.41, 5.74) is 0.552. The molecule has 144 valence electrons. The lowest BCUT2D eigenvalue weighted by molar-refractivity contribution is -0.121. The van der Waals surface area contributed by atoms with Crippen LogP contribution >= 0.6 is 11.6 Å². The van der Waals surface area contributed by atoms with Gasteiger partial charge in [0.05, 0.1) is 6.54 Å². The van der Waals surface area contributed by atoms with Crippen LogP contribution in [0.2, 0.25) is 5.02 Å². The SMILES string of the molecule is O=C(CCCNC(=O)c1ccc(Cl)cc1)NCc1nnc2n1CCCCC2. The van der Waals surface area contributed by atoms with E-state index in [1.54, 1.807) is 24.3 Å². The van der Waals surface area contributed by atoms with Crippen LogP contribution in [0.3, 0.4) is 0 Å². The lowest BCUT2D eigenvalue weighted by Gasteiger charge is -2.09. The van der Waals surface area contributed by atoms with Crippen molar-refractivity contribution in [1.82, 2.24) is 25.4 Å². The summed E-state index contributed by atoms with van der Waals surface area (Å²) in [6.07, 6.45) is 5.35. The first-order chi connectivity index (χ1) is 13.1. The standard InChI is InChI=1S/C19H24ClN5O2/c20-15-9-7-14(8-10-15)19(27)21-11-4-6-18(26)22-13-17-24-23-16-5-2-1-3-12-25(16)17/h7-10H,1-6,11-13H2,(H,21,27)(H,22,26). The number of benzene rings is 1. The summed E-state index contributed by atoms with van der Waals surface area (Å²) in [7, 11) is 0. The Morgan fingerprint density at radius 2 is 1.89 bits per heavy atom. The number of hydrogen-bond donors (Lipinski definition) is 2. The molecule has 2 aromatic rings. The van der Waals surface area contributed by atoms with Crippen molar-refractivity contribution < 1.29 is 9.59 Å². The minimum Gasteiger partial charge on any atom is -0.352 e. The molecule has 1 aliphatic heterocycles. The van der Waals surface area contributed by atoms with Gasteiger partial charge in [0.15, 0.2) is 5.82 Å². The Hall–Kier alpha value is -2.41. The quantitative estimate of drug-likeness (QED) is 0.712. The van der Waals surface area contributed by atoms with Gasteiger partial charge in [-0.05, 0) is 43.5 Å². The second-order valence-corrected chi connectivity index (χ2v) is 7.07. The van der Waals surface area contributed by atoms with Crippen LogP contribution in [0.4, 0.5) is 0 Å². The Morgan fingerprint density at radius 1 is 1.07 bits per heavy atom. The molecular formula is C19H24ClN5O2. The van der Waals surface area contributed by atoms with Crippen molar-refractivity contribution in [2.24, 2.45) is 0 Å². The average Bonchev–Trinajstić information content (AvgIpc) is 2.90. The summed E-state index contributed by atoms with van der Waals surface area (Å²) in [4.78, 5) is 24.0. The highest BCUT2D eigenvalue weighted by Crippen LogP contribution is 2.14. The first kappa shape index (κ1) is 19.4. The molecule has 0 bridgehead atoms. The van der Waals surface area contributed by atoms with Crippen LogP contribution < -0.4 is 10.6 Å². The summed E-state index contributed by atoms with van der Waals surface area (Å²) in [6.45, 7) is 1.75. The number of rotatable bonds is 7. The van der Waals surface area contributed by atoms with Gasteiger partial charge in [-0.3, -0.25) is 9.59 Å². The van der Waals surface area contributed by atoms with Crippen LogP contribution in [0.1, 0.15) is 54.1 Å². The number of fused-ring (bicyclic) bond motifs is 1. The third-order valence-corrected chi connectivity index (χ3v) is 4.85. The first-order valence-corrected chi connectivity index (χ1v) is 9.72. The number of hydrogen-bond acceptors (Lipinski definition) is 4. The molecule has 1 aromatic carbocycles. The minimum atomic E-state index is -0.168. The fourth-order valence-corrected chi connectivity index (χ4v) is 3.22. The molecule has 0 aliphatic carbocycles. The summed E-state index contributed by atoms with van der Waals surface area (Å²) >= 11 is 5.81. The molecule has 0 unspecified atom stereocenters. The van der Waals surface area contributed by atoms with Crippen LogP contribution in [0.15, 0.2) is 24.3 Å². The number of carbonyl (C=O) groups is 2. The van der Waals surface area contributed by atoms with Crippen molar-refractivity contribution in [2.75, 3.05) is 6.54 Å². The molecule has 1 aromatic heterocycles. The van der Waals surface area contributed by atoms with Crippen LogP contribution in [-0.4, -0.2) is 33.1 Å². The van der Waals surface area contributed by atoms with E-state index >= 15 is 0 Å². The molecule has 2 heterocycles. The number of aryl methyl sites for hydroxylation is 1. The molecule has 2 amide bonds. The molecule has 0 radical (unpaired) electrons. The number of nitrogens with zero attached hydrogens (tertiary/aromatic N) is 3. The number of nitrogens with one attached hydrogen (secondary N) is 2. The highest BCUT2D eigenvalue weighted by Gasteiger charge is 2.15. The third kappa shape index (κ3) is 5.53. The van der Waals surface area contributed by atoms with E-state index in [1.807, 2.05) is 0 Å². The molecule has 0 saturated carbocycles. The van der Waals surface area contributed by atoms with Gasteiger partial charge in [0.1, 0.15) is 5.82 Å². The highest BCUT2D eigenvalue weighted by atomic mass is 35.5. The molecule has 0 spiro atoms. The molecule has 8 heteroatoms. The predicted molar refractivity (Wildman–Crippen MR) is 102 cm³/mol. The molecule has 2 N–H and O–H groups in total. The van der Waals surface area contributed by atoms with Crippen LogP contribution in [0.5, 0.6) is 0 Å². The number of amides is 2. The van der Waals surface area contributed by atoms with E-state index in [2.05, 4.69) is 25.4 Å².